The molecule has 4 heteroatoms. The number of hydrogen-bond donors (Lipinski definition) is 3. The molecule has 0 rings (SSSR count). The van der Waals surface area contributed by atoms with Crippen LogP contribution in [-0.4, -0.2) is 35.9 Å². The third-order valence-electron chi connectivity index (χ3n) is 5.67. The Kier molecular flexibility index (Phi) is 18.8. The second kappa shape index (κ2) is 19.4. The van der Waals surface area contributed by atoms with Crippen molar-refractivity contribution in [3.63, 3.8) is 0 Å². The van der Waals surface area contributed by atoms with Crippen LogP contribution in [0.25, 0.3) is 0 Å². The predicted molar refractivity (Wildman–Crippen MR) is 119 cm³/mol. The van der Waals surface area contributed by atoms with Crippen LogP contribution in [0.1, 0.15) is 110 Å². The van der Waals surface area contributed by atoms with Crippen LogP contribution in [-0.2, 0) is 4.79 Å². The van der Waals surface area contributed by atoms with E-state index in [1.54, 1.807) is 0 Å². The van der Waals surface area contributed by atoms with Crippen LogP contribution < -0.4 is 5.32 Å². The SMILES string of the molecule is CCCCCCCC/C=C\CCCCCCC(CCO)(CCO)C(=O)NCC. The van der Waals surface area contributed by atoms with Crippen LogP contribution in [0.2, 0.25) is 0 Å². The molecule has 0 heterocycles. The minimum Gasteiger partial charge on any atom is -0.396 e. The average Bonchev–Trinajstić information content (AvgIpc) is 2.68. The van der Waals surface area contributed by atoms with Gasteiger partial charge in [-0.1, -0.05) is 70.4 Å². The van der Waals surface area contributed by atoms with Gasteiger partial charge in [0.05, 0.1) is 5.41 Å². The van der Waals surface area contributed by atoms with Crippen molar-refractivity contribution in [3.8, 4) is 0 Å². The van der Waals surface area contributed by atoms with Gasteiger partial charge in [0, 0.05) is 19.8 Å². The van der Waals surface area contributed by atoms with Gasteiger partial charge in [-0.3, -0.25) is 4.79 Å². The lowest BCUT2D eigenvalue weighted by Crippen LogP contribution is -2.42. The predicted octanol–water partition coefficient (Wildman–Crippen LogP) is 5.52. The zero-order chi connectivity index (χ0) is 20.9. The molecule has 0 fully saturated rings. The fourth-order valence-corrected chi connectivity index (χ4v) is 3.85. The molecule has 0 bridgehead atoms. The van der Waals surface area contributed by atoms with Gasteiger partial charge < -0.3 is 15.5 Å². The summed E-state index contributed by atoms with van der Waals surface area (Å²) in [5.74, 6) is -0.0178. The quantitative estimate of drug-likeness (QED) is 0.187. The molecule has 0 unspecified atom stereocenters. The van der Waals surface area contributed by atoms with Gasteiger partial charge in [-0.15, -0.1) is 0 Å². The first-order valence-electron chi connectivity index (χ1n) is 11.8. The van der Waals surface area contributed by atoms with Crippen molar-refractivity contribution in [1.29, 1.82) is 0 Å². The van der Waals surface area contributed by atoms with Gasteiger partial charge in [-0.25, -0.2) is 0 Å². The number of aliphatic hydroxyl groups is 2. The van der Waals surface area contributed by atoms with Crippen LogP contribution in [0, 0.1) is 5.41 Å². The van der Waals surface area contributed by atoms with Gasteiger partial charge in [0.2, 0.25) is 5.91 Å². The second-order valence-electron chi connectivity index (χ2n) is 8.07. The Balaban J connectivity index is 3.89. The van der Waals surface area contributed by atoms with Crippen molar-refractivity contribution in [2.24, 2.45) is 5.41 Å². The van der Waals surface area contributed by atoms with Gasteiger partial charge in [-0.05, 0) is 51.9 Å². The summed E-state index contributed by atoms with van der Waals surface area (Å²) in [7, 11) is 0. The number of nitrogens with one attached hydrogen (secondary N) is 1. The molecule has 1 amide bonds. The van der Waals surface area contributed by atoms with E-state index in [2.05, 4.69) is 24.4 Å². The van der Waals surface area contributed by atoms with Crippen LogP contribution >= 0.6 is 0 Å². The molecule has 0 atom stereocenters. The first kappa shape index (κ1) is 27.1. The van der Waals surface area contributed by atoms with E-state index in [1.807, 2.05) is 6.92 Å². The average molecular weight is 398 g/mol. The van der Waals surface area contributed by atoms with E-state index in [0.29, 0.717) is 19.4 Å². The highest BCUT2D eigenvalue weighted by molar-refractivity contribution is 5.82. The first-order valence-corrected chi connectivity index (χ1v) is 11.8. The molecule has 4 nitrogen and oxygen atoms in total. The summed E-state index contributed by atoms with van der Waals surface area (Å²) in [5.41, 5.74) is -0.615. The largest absolute Gasteiger partial charge is 0.396 e. The molecule has 0 aromatic heterocycles. The Bertz CT molecular complexity index is 376. The maximum Gasteiger partial charge on any atom is 0.226 e. The lowest BCUT2D eigenvalue weighted by Gasteiger charge is -2.31. The number of carbonyl (C=O) groups excluding carboxylic acids is 1. The van der Waals surface area contributed by atoms with Gasteiger partial charge in [0.25, 0.3) is 0 Å². The van der Waals surface area contributed by atoms with E-state index in [4.69, 9.17) is 0 Å². The second-order valence-corrected chi connectivity index (χ2v) is 8.07. The van der Waals surface area contributed by atoms with Crippen molar-refractivity contribution in [2.75, 3.05) is 19.8 Å². The molecule has 0 aromatic rings. The van der Waals surface area contributed by atoms with Crippen LogP contribution in [0.5, 0.6) is 0 Å². The lowest BCUT2D eigenvalue weighted by atomic mass is 9.76. The van der Waals surface area contributed by atoms with E-state index in [9.17, 15) is 15.0 Å². The van der Waals surface area contributed by atoms with E-state index >= 15 is 0 Å². The zero-order valence-electron chi connectivity index (χ0n) is 18.7. The number of aliphatic hydroxyl groups excluding tert-OH is 2. The molecule has 166 valence electrons. The van der Waals surface area contributed by atoms with Crippen molar-refractivity contribution in [3.05, 3.63) is 12.2 Å². The minimum atomic E-state index is -0.615. The Morgan fingerprint density at radius 1 is 0.750 bits per heavy atom. The molecule has 0 radical (unpaired) electrons. The Hall–Kier alpha value is -0.870. The molecule has 0 aromatic carbocycles. The third kappa shape index (κ3) is 13.3. The van der Waals surface area contributed by atoms with E-state index in [0.717, 1.165) is 25.7 Å². The number of carbonyl (C=O) groups is 1. The molecule has 0 saturated carbocycles. The van der Waals surface area contributed by atoms with Crippen LogP contribution in [0.4, 0.5) is 0 Å². The van der Waals surface area contributed by atoms with Crippen molar-refractivity contribution in [2.45, 2.75) is 110 Å². The highest BCUT2D eigenvalue weighted by Gasteiger charge is 2.36. The molecule has 0 spiro atoms. The topological polar surface area (TPSA) is 69.6 Å². The molecule has 0 aliphatic heterocycles. The van der Waals surface area contributed by atoms with Crippen molar-refractivity contribution < 1.29 is 15.0 Å². The van der Waals surface area contributed by atoms with E-state index < -0.39 is 5.41 Å². The fourth-order valence-electron chi connectivity index (χ4n) is 3.85. The summed E-state index contributed by atoms with van der Waals surface area (Å²) in [6.07, 6.45) is 21.2. The molecule has 28 heavy (non-hydrogen) atoms. The summed E-state index contributed by atoms with van der Waals surface area (Å²) in [4.78, 5) is 12.5. The molecular formula is C24H47NO3. The normalized spacial score (nSPS) is 12.0. The Morgan fingerprint density at radius 3 is 1.75 bits per heavy atom. The third-order valence-corrected chi connectivity index (χ3v) is 5.67. The summed E-state index contributed by atoms with van der Waals surface area (Å²) in [6, 6.07) is 0. The maximum absolute atomic E-state index is 12.5. The standard InChI is InChI=1S/C24H47NO3/c1-3-5-6-7-8-9-10-11-12-13-14-15-16-17-18-24(19-21-26,20-22-27)23(28)25-4-2/h11-12,26-27H,3-10,13-22H2,1-2H3,(H,25,28)/b12-11-. The van der Waals surface area contributed by atoms with Gasteiger partial charge in [0.1, 0.15) is 0 Å². The van der Waals surface area contributed by atoms with Crippen LogP contribution in [0.15, 0.2) is 12.2 Å². The fraction of sp³-hybridized carbons (Fsp3) is 0.875. The summed E-state index contributed by atoms with van der Waals surface area (Å²) < 4.78 is 0. The minimum absolute atomic E-state index is 0.0134. The molecular weight excluding hydrogens is 350 g/mol. The van der Waals surface area contributed by atoms with Crippen molar-refractivity contribution >= 4 is 5.91 Å². The highest BCUT2D eigenvalue weighted by atomic mass is 16.3. The zero-order valence-corrected chi connectivity index (χ0v) is 18.7. The Morgan fingerprint density at radius 2 is 1.25 bits per heavy atom. The molecule has 0 saturated heterocycles. The van der Waals surface area contributed by atoms with E-state index in [1.165, 1.54) is 57.8 Å². The van der Waals surface area contributed by atoms with Crippen molar-refractivity contribution in [1.82, 2.24) is 5.32 Å². The number of rotatable bonds is 20. The molecule has 0 aliphatic carbocycles. The number of hydrogen-bond acceptors (Lipinski definition) is 3. The molecule has 0 aliphatic rings. The van der Waals surface area contributed by atoms with E-state index in [-0.39, 0.29) is 19.1 Å². The first-order chi connectivity index (χ1) is 13.7. The van der Waals surface area contributed by atoms with Gasteiger partial charge >= 0.3 is 0 Å². The number of unbranched alkanes of at least 4 members (excludes halogenated alkanes) is 10. The maximum atomic E-state index is 12.5. The highest BCUT2D eigenvalue weighted by Crippen LogP contribution is 2.33. The smallest absolute Gasteiger partial charge is 0.226 e. The summed E-state index contributed by atoms with van der Waals surface area (Å²) >= 11 is 0. The van der Waals surface area contributed by atoms with Gasteiger partial charge in [0.15, 0.2) is 0 Å². The monoisotopic (exact) mass is 397 g/mol. The summed E-state index contributed by atoms with van der Waals surface area (Å²) in [5, 5.41) is 21.7. The summed E-state index contributed by atoms with van der Waals surface area (Å²) in [6.45, 7) is 4.72. The molecule has 3 N–H and O–H groups in total. The lowest BCUT2D eigenvalue weighted by molar-refractivity contribution is -0.133. The Labute approximate surface area is 174 Å². The number of allylic oxidation sites excluding steroid dienone is 2. The number of amides is 1. The van der Waals surface area contributed by atoms with Gasteiger partial charge in [-0.2, -0.15) is 0 Å². The van der Waals surface area contributed by atoms with Crippen LogP contribution in [0.3, 0.4) is 0 Å².